The van der Waals surface area contributed by atoms with Crippen LogP contribution in [-0.4, -0.2) is 53.6 Å². The number of hydrogen-bond acceptors (Lipinski definition) is 9. The molecule has 5 heterocycles. The van der Waals surface area contributed by atoms with Crippen molar-refractivity contribution in [2.75, 3.05) is 18.6 Å². The van der Waals surface area contributed by atoms with E-state index < -0.39 is 11.5 Å². The highest BCUT2D eigenvalue weighted by Crippen LogP contribution is 2.30. The quantitative estimate of drug-likeness (QED) is 0.427. The van der Waals surface area contributed by atoms with Crippen molar-refractivity contribution in [1.29, 1.82) is 0 Å². The Balaban J connectivity index is 1.34. The van der Waals surface area contributed by atoms with Crippen molar-refractivity contribution in [1.82, 2.24) is 34.5 Å². The summed E-state index contributed by atoms with van der Waals surface area (Å²) in [5.41, 5.74) is 3.51. The summed E-state index contributed by atoms with van der Waals surface area (Å²) in [6.07, 6.45) is 5.46. The molecule has 6 rings (SSSR count). The molecule has 0 radical (unpaired) electrons. The van der Waals surface area contributed by atoms with Crippen LogP contribution in [0.1, 0.15) is 16.8 Å². The molecule has 1 aliphatic rings. The third kappa shape index (κ3) is 3.37. The van der Waals surface area contributed by atoms with E-state index in [1.807, 2.05) is 0 Å². The molecule has 0 bridgehead atoms. The average Bonchev–Trinajstić information content (AvgIpc) is 3.17. The van der Waals surface area contributed by atoms with Crippen LogP contribution in [0.25, 0.3) is 28.2 Å². The maximum absolute atomic E-state index is 13.0. The Bertz CT molecular complexity index is 1610. The zero-order chi connectivity index (χ0) is 23.1. The number of hydrogen-bond donors (Lipinski definition) is 1. The van der Waals surface area contributed by atoms with Crippen LogP contribution < -0.4 is 20.5 Å². The molecule has 0 fully saturated rings. The number of aromatic nitrogens is 7. The second kappa shape index (κ2) is 7.92. The molecule has 168 valence electrons. The number of carbonyl (C=O) groups is 1. The molecule has 0 atom stereocenters. The molecule has 0 aliphatic carbocycles. The smallest absolute Gasteiger partial charge is 0.299 e. The summed E-state index contributed by atoms with van der Waals surface area (Å²) in [5, 5.41) is 12.5. The molecule has 12 nitrogen and oxygen atoms in total. The lowest BCUT2D eigenvalue weighted by Gasteiger charge is -2.11. The number of ether oxygens (including phenoxy) is 2. The molecule has 1 aliphatic heterocycles. The summed E-state index contributed by atoms with van der Waals surface area (Å²) in [7, 11) is 0. The maximum atomic E-state index is 13.0. The molecular formula is C22H16N8O4. The fourth-order valence-electron chi connectivity index (χ4n) is 3.60. The Morgan fingerprint density at radius 1 is 1.00 bits per heavy atom. The third-order valence-corrected chi connectivity index (χ3v) is 5.27. The monoisotopic (exact) mass is 456 g/mol. The number of carbonyl (C=O) groups excluding carboxylic acids is 1. The molecule has 0 saturated carbocycles. The predicted molar refractivity (Wildman–Crippen MR) is 119 cm³/mol. The molecule has 4 aromatic heterocycles. The van der Waals surface area contributed by atoms with Gasteiger partial charge in [-0.2, -0.15) is 9.50 Å². The van der Waals surface area contributed by atoms with E-state index in [1.165, 1.54) is 10.7 Å². The largest absolute Gasteiger partial charge is 0.490 e. The molecule has 12 heteroatoms. The van der Waals surface area contributed by atoms with E-state index in [0.29, 0.717) is 41.6 Å². The van der Waals surface area contributed by atoms with Crippen LogP contribution >= 0.6 is 0 Å². The highest BCUT2D eigenvalue weighted by molar-refractivity contribution is 6.00. The van der Waals surface area contributed by atoms with Crippen molar-refractivity contribution in [2.24, 2.45) is 0 Å². The Labute approximate surface area is 190 Å². The lowest BCUT2D eigenvalue weighted by Crippen LogP contribution is -2.33. The van der Waals surface area contributed by atoms with Gasteiger partial charge in [0.1, 0.15) is 5.52 Å². The number of nitrogens with one attached hydrogen (secondary N) is 1. The third-order valence-electron chi connectivity index (χ3n) is 5.27. The van der Waals surface area contributed by atoms with Gasteiger partial charge >= 0.3 is 0 Å². The van der Waals surface area contributed by atoms with E-state index in [-0.39, 0.29) is 11.3 Å². The van der Waals surface area contributed by atoms with Gasteiger partial charge in [0.15, 0.2) is 22.8 Å². The van der Waals surface area contributed by atoms with Crippen LogP contribution in [0, 0.1) is 0 Å². The standard InChI is InChI=1S/C22H16N8O4/c31-20(14-2-3-16-17(12-14)34-11-1-10-33-16)28-29-9-6-15-18(21(29)32)25-26-22-24-19(27-30(15)22)13-4-7-23-8-5-13/h2-9,12H,1,10-11H2,(H,28,31). The van der Waals surface area contributed by atoms with Gasteiger partial charge in [-0.3, -0.25) is 20.0 Å². The Kier molecular flexibility index (Phi) is 4.61. The second-order valence-corrected chi connectivity index (χ2v) is 7.46. The SMILES string of the molecule is O=C(Nn1ccc2c(nnc3nc(-c4ccncc4)nn32)c1=O)c1ccc2c(c1)OCCCO2. The molecule has 0 spiro atoms. The number of pyridine rings is 2. The van der Waals surface area contributed by atoms with Gasteiger partial charge in [0.05, 0.1) is 13.2 Å². The molecule has 34 heavy (non-hydrogen) atoms. The normalized spacial score (nSPS) is 13.1. The summed E-state index contributed by atoms with van der Waals surface area (Å²) in [5.74, 6) is 1.24. The first kappa shape index (κ1) is 19.8. The Morgan fingerprint density at radius 3 is 2.68 bits per heavy atom. The van der Waals surface area contributed by atoms with Gasteiger partial charge in [0, 0.05) is 36.1 Å². The number of benzene rings is 1. The van der Waals surface area contributed by atoms with E-state index in [0.717, 1.165) is 16.7 Å². The number of nitrogens with zero attached hydrogens (tertiary/aromatic N) is 7. The molecule has 0 saturated heterocycles. The lowest BCUT2D eigenvalue weighted by atomic mass is 10.2. The summed E-state index contributed by atoms with van der Waals surface area (Å²) in [6.45, 7) is 1.05. The van der Waals surface area contributed by atoms with E-state index in [9.17, 15) is 9.59 Å². The molecule has 0 unspecified atom stereocenters. The van der Waals surface area contributed by atoms with Crippen LogP contribution in [0.2, 0.25) is 0 Å². The summed E-state index contributed by atoms with van der Waals surface area (Å²) in [6, 6.07) is 10.0. The van der Waals surface area contributed by atoms with Crippen LogP contribution in [0.5, 0.6) is 11.5 Å². The van der Waals surface area contributed by atoms with Crippen molar-refractivity contribution in [3.8, 4) is 22.9 Å². The molecule has 1 amide bonds. The van der Waals surface area contributed by atoms with Gasteiger partial charge in [-0.05, 0) is 36.4 Å². The summed E-state index contributed by atoms with van der Waals surface area (Å²) in [4.78, 5) is 34.2. The van der Waals surface area contributed by atoms with Crippen molar-refractivity contribution in [3.63, 3.8) is 0 Å². The van der Waals surface area contributed by atoms with Gasteiger partial charge in [-0.25, -0.2) is 4.68 Å². The van der Waals surface area contributed by atoms with E-state index in [4.69, 9.17) is 9.47 Å². The van der Waals surface area contributed by atoms with Gasteiger partial charge in [-0.15, -0.1) is 15.3 Å². The van der Waals surface area contributed by atoms with E-state index in [1.54, 1.807) is 48.8 Å². The van der Waals surface area contributed by atoms with E-state index >= 15 is 0 Å². The van der Waals surface area contributed by atoms with Crippen LogP contribution in [0.15, 0.2) is 59.8 Å². The Hall–Kier alpha value is -4.87. The minimum absolute atomic E-state index is 0.0279. The fourth-order valence-corrected chi connectivity index (χ4v) is 3.60. The number of amides is 1. The number of fused-ring (bicyclic) bond motifs is 4. The fraction of sp³-hybridized carbons (Fsp3) is 0.136. The summed E-state index contributed by atoms with van der Waals surface area (Å²) < 4.78 is 13.7. The number of rotatable bonds is 3. The zero-order valence-electron chi connectivity index (χ0n) is 17.6. The molecule has 1 aromatic carbocycles. The van der Waals surface area contributed by atoms with Crippen LogP contribution in [-0.2, 0) is 0 Å². The van der Waals surface area contributed by atoms with Crippen molar-refractivity contribution < 1.29 is 14.3 Å². The van der Waals surface area contributed by atoms with Gasteiger partial charge in [0.25, 0.3) is 17.2 Å². The minimum Gasteiger partial charge on any atom is -0.490 e. The summed E-state index contributed by atoms with van der Waals surface area (Å²) >= 11 is 0. The van der Waals surface area contributed by atoms with Crippen molar-refractivity contribution in [3.05, 3.63) is 70.9 Å². The van der Waals surface area contributed by atoms with Crippen molar-refractivity contribution in [2.45, 2.75) is 6.42 Å². The topological polar surface area (TPSA) is 138 Å². The molecule has 5 aromatic rings. The molecular weight excluding hydrogens is 440 g/mol. The maximum Gasteiger partial charge on any atom is 0.299 e. The van der Waals surface area contributed by atoms with Crippen LogP contribution in [0.3, 0.4) is 0 Å². The zero-order valence-corrected chi connectivity index (χ0v) is 17.6. The predicted octanol–water partition coefficient (Wildman–Crippen LogP) is 1.44. The van der Waals surface area contributed by atoms with Crippen molar-refractivity contribution >= 4 is 22.7 Å². The average molecular weight is 456 g/mol. The lowest BCUT2D eigenvalue weighted by molar-refractivity contribution is 0.101. The van der Waals surface area contributed by atoms with Crippen LogP contribution in [0.4, 0.5) is 0 Å². The first-order valence-electron chi connectivity index (χ1n) is 10.4. The first-order chi connectivity index (χ1) is 16.7. The van der Waals surface area contributed by atoms with Gasteiger partial charge < -0.3 is 9.47 Å². The van der Waals surface area contributed by atoms with Gasteiger partial charge in [0.2, 0.25) is 0 Å². The van der Waals surface area contributed by atoms with Gasteiger partial charge in [-0.1, -0.05) is 0 Å². The second-order valence-electron chi connectivity index (χ2n) is 7.46. The molecule has 1 N–H and O–H groups in total. The van der Waals surface area contributed by atoms with E-state index in [2.05, 4.69) is 30.7 Å². The highest BCUT2D eigenvalue weighted by Gasteiger charge is 2.17. The Morgan fingerprint density at radius 2 is 1.82 bits per heavy atom. The first-order valence-corrected chi connectivity index (χ1v) is 10.4. The highest BCUT2D eigenvalue weighted by atomic mass is 16.5. The minimum atomic E-state index is -0.560.